The molecule has 3 nitrogen and oxygen atoms in total. The summed E-state index contributed by atoms with van der Waals surface area (Å²) in [5.41, 5.74) is 2.16. The summed E-state index contributed by atoms with van der Waals surface area (Å²) in [4.78, 5) is 0. The van der Waals surface area contributed by atoms with Crippen molar-refractivity contribution in [1.29, 1.82) is 0 Å². The van der Waals surface area contributed by atoms with Gasteiger partial charge in [-0.1, -0.05) is 62.4 Å². The van der Waals surface area contributed by atoms with Crippen molar-refractivity contribution in [1.82, 2.24) is 5.32 Å². The van der Waals surface area contributed by atoms with Gasteiger partial charge in [0.15, 0.2) is 0 Å². The minimum Gasteiger partial charge on any atom is -0.490 e. The van der Waals surface area contributed by atoms with Crippen molar-refractivity contribution in [2.24, 2.45) is 5.92 Å². The Kier molecular flexibility index (Phi) is 6.44. The van der Waals surface area contributed by atoms with Gasteiger partial charge < -0.3 is 15.2 Å². The fraction of sp³-hybridized carbons (Fsp3) is 0.368. The molecule has 0 aliphatic rings. The molecule has 1 atom stereocenters. The first kappa shape index (κ1) is 16.5. The fourth-order valence-corrected chi connectivity index (χ4v) is 2.23. The van der Waals surface area contributed by atoms with Gasteiger partial charge in [0, 0.05) is 12.1 Å². The van der Waals surface area contributed by atoms with E-state index in [2.05, 4.69) is 31.3 Å². The molecule has 2 rings (SSSR count). The summed E-state index contributed by atoms with van der Waals surface area (Å²) >= 11 is 0. The third kappa shape index (κ3) is 5.17. The Morgan fingerprint density at radius 2 is 1.64 bits per heavy atom. The van der Waals surface area contributed by atoms with Crippen LogP contribution >= 0.6 is 0 Å². The Morgan fingerprint density at radius 1 is 0.955 bits per heavy atom. The van der Waals surface area contributed by atoms with Crippen molar-refractivity contribution in [3.05, 3.63) is 54.6 Å². The Morgan fingerprint density at radius 3 is 2.36 bits per heavy atom. The summed E-state index contributed by atoms with van der Waals surface area (Å²) in [7, 11) is 0. The van der Waals surface area contributed by atoms with E-state index in [0.717, 1.165) is 23.4 Å². The van der Waals surface area contributed by atoms with E-state index in [9.17, 15) is 5.11 Å². The zero-order chi connectivity index (χ0) is 15.8. The zero-order valence-corrected chi connectivity index (χ0v) is 13.3. The molecule has 0 heterocycles. The molecule has 2 aromatic carbocycles. The first-order valence-electron chi connectivity index (χ1n) is 7.83. The number of benzene rings is 2. The lowest BCUT2D eigenvalue weighted by molar-refractivity contribution is 0.106. The quantitative estimate of drug-likeness (QED) is 0.785. The van der Waals surface area contributed by atoms with Crippen molar-refractivity contribution >= 4 is 0 Å². The number of para-hydroxylation sites is 1. The molecule has 0 spiro atoms. The summed E-state index contributed by atoms with van der Waals surface area (Å²) in [6.45, 7) is 6.02. The molecule has 0 aromatic heterocycles. The van der Waals surface area contributed by atoms with Crippen LogP contribution in [0.4, 0.5) is 0 Å². The first-order chi connectivity index (χ1) is 10.7. The molecule has 0 bridgehead atoms. The molecule has 22 heavy (non-hydrogen) atoms. The fourth-order valence-electron chi connectivity index (χ4n) is 2.23. The highest BCUT2D eigenvalue weighted by atomic mass is 16.5. The molecular weight excluding hydrogens is 274 g/mol. The molecule has 0 aliphatic carbocycles. The molecule has 0 amide bonds. The van der Waals surface area contributed by atoms with Gasteiger partial charge in [0.25, 0.3) is 0 Å². The van der Waals surface area contributed by atoms with Crippen LogP contribution < -0.4 is 10.1 Å². The lowest BCUT2D eigenvalue weighted by atomic mass is 10.1. The molecule has 0 fully saturated rings. The van der Waals surface area contributed by atoms with Crippen LogP contribution in [0.2, 0.25) is 0 Å². The van der Waals surface area contributed by atoms with Crippen LogP contribution in [0.5, 0.6) is 5.75 Å². The van der Waals surface area contributed by atoms with Crippen LogP contribution in [0.25, 0.3) is 11.1 Å². The van der Waals surface area contributed by atoms with Gasteiger partial charge in [-0.15, -0.1) is 0 Å². The number of nitrogens with one attached hydrogen (secondary N) is 1. The highest BCUT2D eigenvalue weighted by molar-refractivity contribution is 5.70. The first-order valence-corrected chi connectivity index (χ1v) is 7.83. The summed E-state index contributed by atoms with van der Waals surface area (Å²) < 4.78 is 5.82. The van der Waals surface area contributed by atoms with Gasteiger partial charge in [0.1, 0.15) is 18.5 Å². The van der Waals surface area contributed by atoms with Crippen LogP contribution in [0.15, 0.2) is 54.6 Å². The second-order valence-corrected chi connectivity index (χ2v) is 5.88. The molecule has 0 saturated heterocycles. The molecule has 0 unspecified atom stereocenters. The third-order valence-electron chi connectivity index (χ3n) is 3.34. The predicted octanol–water partition coefficient (Wildman–Crippen LogP) is 3.34. The van der Waals surface area contributed by atoms with Gasteiger partial charge >= 0.3 is 0 Å². The minimum atomic E-state index is -0.512. The lowest BCUT2D eigenvalue weighted by Gasteiger charge is -2.16. The van der Waals surface area contributed by atoms with E-state index in [0.29, 0.717) is 12.5 Å². The molecule has 2 aromatic rings. The van der Waals surface area contributed by atoms with Gasteiger partial charge in [-0.05, 0) is 24.1 Å². The van der Waals surface area contributed by atoms with Crippen LogP contribution in [-0.2, 0) is 0 Å². The summed E-state index contributed by atoms with van der Waals surface area (Å²) in [6.07, 6.45) is -0.512. The topological polar surface area (TPSA) is 41.5 Å². The summed E-state index contributed by atoms with van der Waals surface area (Å²) in [6, 6.07) is 18.1. The van der Waals surface area contributed by atoms with E-state index in [1.165, 1.54) is 0 Å². The zero-order valence-electron chi connectivity index (χ0n) is 13.3. The van der Waals surface area contributed by atoms with Gasteiger partial charge in [-0.25, -0.2) is 0 Å². The van der Waals surface area contributed by atoms with E-state index in [-0.39, 0.29) is 6.61 Å². The number of aliphatic hydroxyl groups excluding tert-OH is 1. The maximum Gasteiger partial charge on any atom is 0.127 e. The van der Waals surface area contributed by atoms with Crippen molar-refractivity contribution < 1.29 is 9.84 Å². The number of aliphatic hydroxyl groups is 1. The minimum absolute atomic E-state index is 0.287. The van der Waals surface area contributed by atoms with Gasteiger partial charge in [-0.2, -0.15) is 0 Å². The lowest BCUT2D eigenvalue weighted by Crippen LogP contribution is -2.33. The number of rotatable bonds is 8. The molecular formula is C19H25NO2. The SMILES string of the molecule is CC(C)CNC[C@H](O)COc1ccccc1-c1ccccc1. The maximum absolute atomic E-state index is 10.00. The Labute approximate surface area is 133 Å². The average molecular weight is 299 g/mol. The molecule has 3 heteroatoms. The smallest absolute Gasteiger partial charge is 0.127 e. The Balaban J connectivity index is 1.93. The Hall–Kier alpha value is -1.84. The van der Waals surface area contributed by atoms with Gasteiger partial charge in [-0.3, -0.25) is 0 Å². The Bertz CT molecular complexity index is 554. The summed E-state index contributed by atoms with van der Waals surface area (Å²) in [5, 5.41) is 13.2. The normalized spacial score (nSPS) is 12.4. The second-order valence-electron chi connectivity index (χ2n) is 5.88. The highest BCUT2D eigenvalue weighted by Gasteiger charge is 2.09. The van der Waals surface area contributed by atoms with E-state index in [1.807, 2.05) is 42.5 Å². The number of hydrogen-bond donors (Lipinski definition) is 2. The average Bonchev–Trinajstić information content (AvgIpc) is 2.54. The molecule has 0 saturated carbocycles. The van der Waals surface area contributed by atoms with E-state index in [4.69, 9.17) is 4.74 Å². The number of hydrogen-bond acceptors (Lipinski definition) is 3. The third-order valence-corrected chi connectivity index (χ3v) is 3.34. The number of ether oxygens (including phenoxy) is 1. The van der Waals surface area contributed by atoms with Crippen molar-refractivity contribution in [3.8, 4) is 16.9 Å². The molecule has 118 valence electrons. The predicted molar refractivity (Wildman–Crippen MR) is 91.1 cm³/mol. The maximum atomic E-state index is 10.00. The van der Waals surface area contributed by atoms with Gasteiger partial charge in [0.05, 0.1) is 0 Å². The van der Waals surface area contributed by atoms with Crippen LogP contribution in [0.1, 0.15) is 13.8 Å². The molecule has 0 radical (unpaired) electrons. The van der Waals surface area contributed by atoms with E-state index >= 15 is 0 Å². The summed E-state index contributed by atoms with van der Waals surface area (Å²) in [5.74, 6) is 1.38. The van der Waals surface area contributed by atoms with E-state index < -0.39 is 6.10 Å². The monoisotopic (exact) mass is 299 g/mol. The largest absolute Gasteiger partial charge is 0.490 e. The van der Waals surface area contributed by atoms with Gasteiger partial charge in [0.2, 0.25) is 0 Å². The van der Waals surface area contributed by atoms with Crippen molar-refractivity contribution in [2.45, 2.75) is 20.0 Å². The van der Waals surface area contributed by atoms with E-state index in [1.54, 1.807) is 0 Å². The van der Waals surface area contributed by atoms with Crippen LogP contribution in [0.3, 0.4) is 0 Å². The van der Waals surface area contributed by atoms with Crippen LogP contribution in [0, 0.1) is 5.92 Å². The highest BCUT2D eigenvalue weighted by Crippen LogP contribution is 2.29. The van der Waals surface area contributed by atoms with Crippen molar-refractivity contribution in [2.75, 3.05) is 19.7 Å². The van der Waals surface area contributed by atoms with Crippen molar-refractivity contribution in [3.63, 3.8) is 0 Å². The van der Waals surface area contributed by atoms with Crippen LogP contribution in [-0.4, -0.2) is 30.9 Å². The standard InChI is InChI=1S/C19H25NO2/c1-15(2)12-20-13-17(21)14-22-19-11-7-6-10-18(19)16-8-4-3-5-9-16/h3-11,15,17,20-21H,12-14H2,1-2H3/t17-/m0/s1. The second kappa shape index (κ2) is 8.57. The molecule has 0 aliphatic heterocycles. The molecule has 2 N–H and O–H groups in total.